The summed E-state index contributed by atoms with van der Waals surface area (Å²) < 4.78 is 26.7. The molecule has 2 rings (SSSR count). The summed E-state index contributed by atoms with van der Waals surface area (Å²) in [6.07, 6.45) is 0. The van der Waals surface area contributed by atoms with Crippen molar-refractivity contribution in [1.82, 2.24) is 4.72 Å². The molecule has 116 valence electrons. The zero-order valence-electron chi connectivity index (χ0n) is 12.4. The fraction of sp³-hybridized carbons (Fsp3) is 0.188. The molecule has 1 amide bonds. The molecule has 22 heavy (non-hydrogen) atoms. The van der Waals surface area contributed by atoms with Crippen LogP contribution in [0.5, 0.6) is 0 Å². The Morgan fingerprint density at radius 1 is 1.05 bits per heavy atom. The normalized spacial score (nSPS) is 12.6. The van der Waals surface area contributed by atoms with Crippen molar-refractivity contribution >= 4 is 21.6 Å². The molecular weight excluding hydrogens is 300 g/mol. The molecule has 2 N–H and O–H groups in total. The van der Waals surface area contributed by atoms with Gasteiger partial charge in [0.15, 0.2) is 0 Å². The number of hydrogen-bond acceptors (Lipinski definition) is 3. The predicted molar refractivity (Wildman–Crippen MR) is 86.0 cm³/mol. The lowest BCUT2D eigenvalue weighted by Gasteiger charge is -2.14. The molecule has 6 heteroatoms. The third-order valence-electron chi connectivity index (χ3n) is 3.06. The van der Waals surface area contributed by atoms with Crippen molar-refractivity contribution < 1.29 is 13.2 Å². The minimum atomic E-state index is -3.72. The van der Waals surface area contributed by atoms with Crippen LogP contribution in [-0.4, -0.2) is 20.4 Å². The molecule has 0 spiro atoms. The van der Waals surface area contributed by atoms with E-state index < -0.39 is 22.0 Å². The third-order valence-corrected chi connectivity index (χ3v) is 4.62. The van der Waals surface area contributed by atoms with Crippen LogP contribution in [0.4, 0.5) is 5.69 Å². The molecule has 2 aromatic rings. The first-order valence-corrected chi connectivity index (χ1v) is 8.32. The Morgan fingerprint density at radius 3 is 2.36 bits per heavy atom. The summed E-state index contributed by atoms with van der Waals surface area (Å²) in [5.41, 5.74) is 1.64. The van der Waals surface area contributed by atoms with Crippen LogP contribution in [0.25, 0.3) is 0 Å². The molecule has 0 saturated heterocycles. The third kappa shape index (κ3) is 4.16. The van der Waals surface area contributed by atoms with Gasteiger partial charge in [0.05, 0.1) is 10.9 Å². The number of carbonyl (C=O) groups is 1. The van der Waals surface area contributed by atoms with Gasteiger partial charge in [-0.3, -0.25) is 4.79 Å². The fourth-order valence-electron chi connectivity index (χ4n) is 1.93. The second-order valence-electron chi connectivity index (χ2n) is 5.01. The minimum Gasteiger partial charge on any atom is -0.325 e. The number of anilines is 1. The monoisotopic (exact) mass is 318 g/mol. The van der Waals surface area contributed by atoms with Crippen molar-refractivity contribution in [2.24, 2.45) is 0 Å². The first-order chi connectivity index (χ1) is 10.4. The predicted octanol–water partition coefficient (Wildman–Crippen LogP) is 2.30. The summed E-state index contributed by atoms with van der Waals surface area (Å²) in [7, 11) is -3.72. The van der Waals surface area contributed by atoms with Crippen LogP contribution in [0.15, 0.2) is 59.5 Å². The van der Waals surface area contributed by atoms with Crippen LogP contribution >= 0.6 is 0 Å². The van der Waals surface area contributed by atoms with Crippen molar-refractivity contribution in [3.05, 3.63) is 60.2 Å². The first kappa shape index (κ1) is 16.2. The highest BCUT2D eigenvalue weighted by Gasteiger charge is 2.21. The van der Waals surface area contributed by atoms with Crippen LogP contribution < -0.4 is 10.0 Å². The van der Waals surface area contributed by atoms with E-state index in [0.717, 1.165) is 5.56 Å². The van der Waals surface area contributed by atoms with Gasteiger partial charge in [-0.1, -0.05) is 30.3 Å². The van der Waals surface area contributed by atoms with Crippen molar-refractivity contribution in [1.29, 1.82) is 0 Å². The lowest BCUT2D eigenvalue weighted by atomic mass is 10.2. The maximum atomic E-state index is 12.2. The van der Waals surface area contributed by atoms with E-state index in [1.165, 1.54) is 19.1 Å². The van der Waals surface area contributed by atoms with Gasteiger partial charge in [0, 0.05) is 5.69 Å². The average molecular weight is 318 g/mol. The molecule has 1 atom stereocenters. The van der Waals surface area contributed by atoms with E-state index in [0.29, 0.717) is 5.69 Å². The maximum Gasteiger partial charge on any atom is 0.242 e. The van der Waals surface area contributed by atoms with E-state index >= 15 is 0 Å². The number of hydrogen-bond donors (Lipinski definition) is 2. The first-order valence-electron chi connectivity index (χ1n) is 6.83. The molecule has 0 aliphatic heterocycles. The quantitative estimate of drug-likeness (QED) is 0.888. The molecule has 5 nitrogen and oxygen atoms in total. The Labute approximate surface area is 130 Å². The van der Waals surface area contributed by atoms with E-state index in [2.05, 4.69) is 10.0 Å². The smallest absolute Gasteiger partial charge is 0.242 e. The summed E-state index contributed by atoms with van der Waals surface area (Å²) in [6.45, 7) is 3.42. The number of nitrogens with one attached hydrogen (secondary N) is 2. The van der Waals surface area contributed by atoms with Crippen molar-refractivity contribution in [3.63, 3.8) is 0 Å². The Hall–Kier alpha value is -2.18. The summed E-state index contributed by atoms with van der Waals surface area (Å²) >= 11 is 0. The maximum absolute atomic E-state index is 12.2. The van der Waals surface area contributed by atoms with Gasteiger partial charge in [0.25, 0.3) is 0 Å². The summed E-state index contributed by atoms with van der Waals surface area (Å²) in [5.74, 6) is -0.412. The van der Waals surface area contributed by atoms with Crippen molar-refractivity contribution in [3.8, 4) is 0 Å². The van der Waals surface area contributed by atoms with Crippen LogP contribution in [-0.2, 0) is 14.8 Å². The van der Waals surface area contributed by atoms with E-state index in [1.54, 1.807) is 24.3 Å². The lowest BCUT2D eigenvalue weighted by molar-refractivity contribution is -0.117. The number of benzene rings is 2. The SMILES string of the molecule is Cc1cccc(NC(=O)C(C)NS(=O)(=O)c2ccccc2)c1. The highest BCUT2D eigenvalue weighted by Crippen LogP contribution is 2.11. The molecule has 0 bridgehead atoms. The van der Waals surface area contributed by atoms with Gasteiger partial charge >= 0.3 is 0 Å². The zero-order chi connectivity index (χ0) is 16.2. The van der Waals surface area contributed by atoms with Crippen molar-refractivity contribution in [2.45, 2.75) is 24.8 Å². The standard InChI is InChI=1S/C16H18N2O3S/c1-12-7-6-8-14(11-12)17-16(19)13(2)18-22(20,21)15-9-4-3-5-10-15/h3-11,13,18H,1-2H3,(H,17,19). The topological polar surface area (TPSA) is 75.3 Å². The second-order valence-corrected chi connectivity index (χ2v) is 6.73. The molecule has 2 aromatic carbocycles. The number of sulfonamides is 1. The van der Waals surface area contributed by atoms with Crippen LogP contribution in [0.1, 0.15) is 12.5 Å². The molecule has 1 unspecified atom stereocenters. The van der Waals surface area contributed by atoms with Gasteiger partial charge < -0.3 is 5.32 Å². The molecular formula is C16H18N2O3S. The number of rotatable bonds is 5. The largest absolute Gasteiger partial charge is 0.325 e. The zero-order valence-corrected chi connectivity index (χ0v) is 13.2. The van der Waals surface area contributed by atoms with Crippen LogP contribution in [0, 0.1) is 6.92 Å². The van der Waals surface area contributed by atoms with Gasteiger partial charge in [-0.25, -0.2) is 8.42 Å². The number of amides is 1. The van der Waals surface area contributed by atoms with E-state index in [4.69, 9.17) is 0 Å². The molecule has 0 heterocycles. The number of carbonyl (C=O) groups excluding carboxylic acids is 1. The summed E-state index contributed by atoms with van der Waals surface area (Å²) in [5, 5.41) is 2.69. The molecule has 0 saturated carbocycles. The number of aryl methyl sites for hydroxylation is 1. The fourth-order valence-corrected chi connectivity index (χ4v) is 3.15. The highest BCUT2D eigenvalue weighted by molar-refractivity contribution is 7.89. The second kappa shape index (κ2) is 6.72. The van der Waals surface area contributed by atoms with Gasteiger partial charge in [-0.2, -0.15) is 4.72 Å². The average Bonchev–Trinajstić information content (AvgIpc) is 2.47. The van der Waals surface area contributed by atoms with Gasteiger partial charge in [-0.15, -0.1) is 0 Å². The molecule has 0 fully saturated rings. The van der Waals surface area contributed by atoms with Crippen LogP contribution in [0.3, 0.4) is 0 Å². The van der Waals surface area contributed by atoms with E-state index in [-0.39, 0.29) is 4.90 Å². The Balaban J connectivity index is 2.05. The molecule has 0 radical (unpaired) electrons. The Morgan fingerprint density at radius 2 is 1.73 bits per heavy atom. The highest BCUT2D eigenvalue weighted by atomic mass is 32.2. The molecule has 0 aromatic heterocycles. The Kier molecular flexibility index (Phi) is 4.95. The van der Waals surface area contributed by atoms with E-state index in [1.807, 2.05) is 25.1 Å². The Bertz CT molecular complexity index is 758. The van der Waals surface area contributed by atoms with Gasteiger partial charge in [0.2, 0.25) is 15.9 Å². The summed E-state index contributed by atoms with van der Waals surface area (Å²) in [4.78, 5) is 12.2. The minimum absolute atomic E-state index is 0.130. The van der Waals surface area contributed by atoms with E-state index in [9.17, 15) is 13.2 Å². The molecule has 0 aliphatic carbocycles. The molecule has 0 aliphatic rings. The van der Waals surface area contributed by atoms with Crippen molar-refractivity contribution in [2.75, 3.05) is 5.32 Å². The van der Waals surface area contributed by atoms with Gasteiger partial charge in [-0.05, 0) is 43.7 Å². The van der Waals surface area contributed by atoms with Crippen LogP contribution in [0.2, 0.25) is 0 Å². The van der Waals surface area contributed by atoms with Gasteiger partial charge in [0.1, 0.15) is 0 Å². The lowest BCUT2D eigenvalue weighted by Crippen LogP contribution is -2.41. The summed E-state index contributed by atoms with van der Waals surface area (Å²) in [6, 6.07) is 14.4.